The molecule has 1 amide bonds. The summed E-state index contributed by atoms with van der Waals surface area (Å²) >= 11 is 5.69. The molecule has 1 heterocycles. The van der Waals surface area contributed by atoms with Crippen LogP contribution in [-0.4, -0.2) is 27.5 Å². The van der Waals surface area contributed by atoms with Crippen molar-refractivity contribution in [3.63, 3.8) is 0 Å². The number of aliphatic carboxylic acids is 1. The number of hydrogen-bond donors (Lipinski definition) is 2. The van der Waals surface area contributed by atoms with Crippen molar-refractivity contribution in [2.24, 2.45) is 0 Å². The number of hydrogen-bond acceptors (Lipinski definition) is 3. The molecule has 0 fully saturated rings. The van der Waals surface area contributed by atoms with Crippen LogP contribution in [0.2, 0.25) is 5.02 Å². The van der Waals surface area contributed by atoms with Gasteiger partial charge in [-0.15, -0.1) is 0 Å². The van der Waals surface area contributed by atoms with Crippen molar-refractivity contribution in [2.45, 2.75) is 19.4 Å². The summed E-state index contributed by atoms with van der Waals surface area (Å²) in [5, 5.41) is 11.5. The Morgan fingerprint density at radius 2 is 2.12 bits per heavy atom. The van der Waals surface area contributed by atoms with Crippen LogP contribution in [-0.2, 0) is 4.79 Å². The Kier molecular flexibility index (Phi) is 3.49. The molecule has 6 heteroatoms. The van der Waals surface area contributed by atoms with E-state index in [9.17, 15) is 9.59 Å². The van der Waals surface area contributed by atoms with Gasteiger partial charge in [-0.25, -0.2) is 4.79 Å². The molecule has 1 rings (SSSR count). The molecule has 86 valence electrons. The first-order valence-electron chi connectivity index (χ1n) is 4.50. The number of amides is 1. The predicted molar refractivity (Wildman–Crippen MR) is 58.4 cm³/mol. The Morgan fingerprint density at radius 1 is 1.50 bits per heavy atom. The normalized spacial score (nSPS) is 10.9. The minimum Gasteiger partial charge on any atom is -0.480 e. The molecule has 0 bridgehead atoms. The average Bonchev–Trinajstić information content (AvgIpc) is 2.16. The Morgan fingerprint density at radius 3 is 2.62 bits per heavy atom. The third-order valence-electron chi connectivity index (χ3n) is 1.92. The van der Waals surface area contributed by atoms with Gasteiger partial charge >= 0.3 is 5.97 Å². The smallest absolute Gasteiger partial charge is 0.328 e. The first kappa shape index (κ1) is 12.4. The van der Waals surface area contributed by atoms with E-state index in [4.69, 9.17) is 16.7 Å². The molecule has 0 saturated carbocycles. The van der Waals surface area contributed by atoms with Crippen molar-refractivity contribution < 1.29 is 14.7 Å². The fraction of sp³-hybridized carbons (Fsp3) is 0.300. The van der Waals surface area contributed by atoms with Gasteiger partial charge in [0.15, 0.2) is 0 Å². The number of carbonyl (C=O) groups is 2. The zero-order chi connectivity index (χ0) is 12.3. The van der Waals surface area contributed by atoms with E-state index in [1.165, 1.54) is 32.2 Å². The molecule has 0 saturated heterocycles. The summed E-state index contributed by atoms with van der Waals surface area (Å²) in [5.74, 6) is -1.70. The molecule has 0 radical (unpaired) electrons. The summed E-state index contributed by atoms with van der Waals surface area (Å²) in [6, 6.07) is 2.90. The SMILES string of the molecule is CC(C)(NC(=O)c1cc(Cl)ccn1)C(=O)O. The van der Waals surface area contributed by atoms with Crippen LogP contribution < -0.4 is 5.32 Å². The molecule has 1 aromatic heterocycles. The van der Waals surface area contributed by atoms with E-state index < -0.39 is 17.4 Å². The predicted octanol–water partition coefficient (Wildman–Crippen LogP) is 1.33. The molecule has 0 atom stereocenters. The van der Waals surface area contributed by atoms with Gasteiger partial charge in [0.1, 0.15) is 11.2 Å². The Bertz CT molecular complexity index is 432. The van der Waals surface area contributed by atoms with Crippen LogP contribution in [0.4, 0.5) is 0 Å². The molecule has 0 aliphatic carbocycles. The van der Waals surface area contributed by atoms with Gasteiger partial charge in [0.05, 0.1) is 0 Å². The fourth-order valence-electron chi connectivity index (χ4n) is 0.930. The van der Waals surface area contributed by atoms with E-state index in [1.54, 1.807) is 0 Å². The summed E-state index contributed by atoms with van der Waals surface area (Å²) in [4.78, 5) is 26.2. The third kappa shape index (κ3) is 2.93. The molecule has 0 unspecified atom stereocenters. The number of halogens is 1. The molecule has 5 nitrogen and oxygen atoms in total. The van der Waals surface area contributed by atoms with Crippen molar-refractivity contribution in [3.8, 4) is 0 Å². The van der Waals surface area contributed by atoms with E-state index in [-0.39, 0.29) is 5.69 Å². The van der Waals surface area contributed by atoms with Crippen LogP contribution in [0.25, 0.3) is 0 Å². The van der Waals surface area contributed by atoms with Crippen LogP contribution >= 0.6 is 11.6 Å². The molecule has 0 aromatic carbocycles. The minimum atomic E-state index is -1.35. The number of carboxylic acids is 1. The first-order chi connectivity index (χ1) is 7.33. The second kappa shape index (κ2) is 4.49. The van der Waals surface area contributed by atoms with Gasteiger partial charge in [0.2, 0.25) is 0 Å². The summed E-state index contributed by atoms with van der Waals surface area (Å²) in [6.07, 6.45) is 1.38. The van der Waals surface area contributed by atoms with E-state index >= 15 is 0 Å². The number of aromatic nitrogens is 1. The van der Waals surface area contributed by atoms with Crippen LogP contribution in [0.3, 0.4) is 0 Å². The molecule has 1 aromatic rings. The monoisotopic (exact) mass is 242 g/mol. The lowest BCUT2D eigenvalue weighted by molar-refractivity contribution is -0.143. The highest BCUT2D eigenvalue weighted by Crippen LogP contribution is 2.09. The standard InChI is InChI=1S/C10H11ClN2O3/c1-10(2,9(15)16)13-8(14)7-5-6(11)3-4-12-7/h3-5H,1-2H3,(H,13,14)(H,15,16). The van der Waals surface area contributed by atoms with E-state index in [2.05, 4.69) is 10.3 Å². The summed E-state index contributed by atoms with van der Waals surface area (Å²) in [7, 11) is 0. The summed E-state index contributed by atoms with van der Waals surface area (Å²) < 4.78 is 0. The van der Waals surface area contributed by atoms with Gasteiger partial charge in [-0.05, 0) is 26.0 Å². The van der Waals surface area contributed by atoms with Gasteiger partial charge in [-0.3, -0.25) is 9.78 Å². The van der Waals surface area contributed by atoms with Gasteiger partial charge in [0.25, 0.3) is 5.91 Å². The molecule has 0 aliphatic heterocycles. The van der Waals surface area contributed by atoms with Gasteiger partial charge in [-0.1, -0.05) is 11.6 Å². The largest absolute Gasteiger partial charge is 0.480 e. The van der Waals surface area contributed by atoms with Gasteiger partial charge in [-0.2, -0.15) is 0 Å². The van der Waals surface area contributed by atoms with Gasteiger partial charge in [0, 0.05) is 11.2 Å². The van der Waals surface area contributed by atoms with Crippen LogP contribution in [0.5, 0.6) is 0 Å². The van der Waals surface area contributed by atoms with Crippen LogP contribution in [0, 0.1) is 0 Å². The number of nitrogens with one attached hydrogen (secondary N) is 1. The topological polar surface area (TPSA) is 79.3 Å². The number of pyridine rings is 1. The van der Waals surface area contributed by atoms with Crippen LogP contribution in [0.1, 0.15) is 24.3 Å². The zero-order valence-electron chi connectivity index (χ0n) is 8.82. The molecule has 0 spiro atoms. The highest BCUT2D eigenvalue weighted by atomic mass is 35.5. The Hall–Kier alpha value is -1.62. The zero-order valence-corrected chi connectivity index (χ0v) is 9.58. The number of rotatable bonds is 3. The molecule has 0 aliphatic rings. The maximum absolute atomic E-state index is 11.6. The van der Waals surface area contributed by atoms with Crippen molar-refractivity contribution in [1.29, 1.82) is 0 Å². The Labute approximate surface area is 97.4 Å². The lowest BCUT2D eigenvalue weighted by atomic mass is 10.1. The lowest BCUT2D eigenvalue weighted by Crippen LogP contribution is -2.49. The molecule has 2 N–H and O–H groups in total. The van der Waals surface area contributed by atoms with Crippen molar-refractivity contribution in [3.05, 3.63) is 29.0 Å². The first-order valence-corrected chi connectivity index (χ1v) is 4.88. The lowest BCUT2D eigenvalue weighted by Gasteiger charge is -2.20. The molecular formula is C10H11ClN2O3. The highest BCUT2D eigenvalue weighted by molar-refractivity contribution is 6.30. The minimum absolute atomic E-state index is 0.0850. The second-order valence-corrected chi connectivity index (χ2v) is 4.18. The van der Waals surface area contributed by atoms with Crippen molar-refractivity contribution >= 4 is 23.5 Å². The van der Waals surface area contributed by atoms with E-state index in [0.717, 1.165) is 0 Å². The molecule has 16 heavy (non-hydrogen) atoms. The third-order valence-corrected chi connectivity index (χ3v) is 2.15. The maximum atomic E-state index is 11.6. The number of nitrogens with zero attached hydrogens (tertiary/aromatic N) is 1. The van der Waals surface area contributed by atoms with E-state index in [0.29, 0.717) is 5.02 Å². The molecular weight excluding hydrogens is 232 g/mol. The van der Waals surface area contributed by atoms with E-state index in [1.807, 2.05) is 0 Å². The van der Waals surface area contributed by atoms with Gasteiger partial charge < -0.3 is 10.4 Å². The fourth-order valence-corrected chi connectivity index (χ4v) is 1.09. The highest BCUT2D eigenvalue weighted by Gasteiger charge is 2.29. The maximum Gasteiger partial charge on any atom is 0.328 e. The summed E-state index contributed by atoms with van der Waals surface area (Å²) in [6.45, 7) is 2.77. The summed E-state index contributed by atoms with van der Waals surface area (Å²) in [5.41, 5.74) is -1.26. The van der Waals surface area contributed by atoms with Crippen molar-refractivity contribution in [2.75, 3.05) is 0 Å². The quantitative estimate of drug-likeness (QED) is 0.838. The van der Waals surface area contributed by atoms with Crippen molar-refractivity contribution in [1.82, 2.24) is 10.3 Å². The Balaban J connectivity index is 2.85. The number of carboxylic acid groups (broad SMARTS) is 1. The second-order valence-electron chi connectivity index (χ2n) is 3.74. The average molecular weight is 243 g/mol. The number of carbonyl (C=O) groups excluding carboxylic acids is 1. The van der Waals surface area contributed by atoms with Crippen LogP contribution in [0.15, 0.2) is 18.3 Å².